The summed E-state index contributed by atoms with van der Waals surface area (Å²) in [6.45, 7) is 3.34. The van der Waals surface area contributed by atoms with E-state index in [1.807, 2.05) is 0 Å². The molecule has 120 valence electrons. The number of aryl methyl sites for hydroxylation is 2. The second-order valence-electron chi connectivity index (χ2n) is 5.04. The van der Waals surface area contributed by atoms with E-state index in [0.29, 0.717) is 11.5 Å². The predicted octanol–water partition coefficient (Wildman–Crippen LogP) is 0.0249. The maximum Gasteiger partial charge on any atom is 0.330 e. The summed E-state index contributed by atoms with van der Waals surface area (Å²) in [5, 5.41) is 0. The van der Waals surface area contributed by atoms with Crippen LogP contribution in [0.2, 0.25) is 0 Å². The molecule has 0 fully saturated rings. The summed E-state index contributed by atoms with van der Waals surface area (Å²) in [7, 11) is -1.49. The van der Waals surface area contributed by atoms with Crippen LogP contribution in [0.1, 0.15) is 24.5 Å². The maximum atomic E-state index is 12.4. The van der Waals surface area contributed by atoms with Crippen molar-refractivity contribution in [2.75, 3.05) is 0 Å². The number of hydrogen-bond donors (Lipinski definition) is 1. The van der Waals surface area contributed by atoms with Gasteiger partial charge >= 0.3 is 5.69 Å². The van der Waals surface area contributed by atoms with Crippen LogP contribution in [0, 0.1) is 6.92 Å². The highest BCUT2D eigenvalue weighted by Gasteiger charge is 2.25. The quantitative estimate of drug-likeness (QED) is 0.853. The Hall–Kier alpha value is -2.13. The molecule has 1 N–H and O–H groups in total. The summed E-state index contributed by atoms with van der Waals surface area (Å²) in [4.78, 5) is 23.1. The van der Waals surface area contributed by atoms with E-state index in [9.17, 15) is 18.0 Å². The molecule has 0 aliphatic carbocycles. The molecule has 22 heavy (non-hydrogen) atoms. The molecule has 0 aliphatic heterocycles. The summed E-state index contributed by atoms with van der Waals surface area (Å²) in [6.07, 6.45) is 1.01. The van der Waals surface area contributed by atoms with Crippen LogP contribution in [0.5, 0.6) is 0 Å². The second kappa shape index (κ2) is 5.58. The van der Waals surface area contributed by atoms with Gasteiger partial charge in [0.15, 0.2) is 4.90 Å². The lowest BCUT2D eigenvalue weighted by Crippen LogP contribution is -2.41. The van der Waals surface area contributed by atoms with Gasteiger partial charge in [-0.15, -0.1) is 0 Å². The number of nitrogens with zero attached hydrogens (tertiary/aromatic N) is 2. The Bertz CT molecular complexity index is 920. The van der Waals surface area contributed by atoms with Gasteiger partial charge in [-0.25, -0.2) is 17.9 Å². The average Bonchev–Trinajstić information content (AvgIpc) is 2.86. The molecule has 0 bridgehead atoms. The molecule has 8 nitrogen and oxygen atoms in total. The fourth-order valence-corrected chi connectivity index (χ4v) is 3.37. The van der Waals surface area contributed by atoms with Gasteiger partial charge < -0.3 is 8.98 Å². The van der Waals surface area contributed by atoms with Gasteiger partial charge in [-0.3, -0.25) is 9.36 Å². The highest BCUT2D eigenvalue weighted by atomic mass is 32.2. The highest BCUT2D eigenvalue weighted by molar-refractivity contribution is 7.89. The van der Waals surface area contributed by atoms with Crippen LogP contribution in [-0.4, -0.2) is 17.6 Å². The van der Waals surface area contributed by atoms with Crippen molar-refractivity contribution >= 4 is 10.0 Å². The number of aromatic nitrogens is 2. The predicted molar refractivity (Wildman–Crippen MR) is 79.1 cm³/mol. The Morgan fingerprint density at radius 2 is 1.86 bits per heavy atom. The molecule has 2 rings (SSSR count). The van der Waals surface area contributed by atoms with Crippen molar-refractivity contribution in [2.45, 2.75) is 24.8 Å². The van der Waals surface area contributed by atoms with E-state index < -0.39 is 32.2 Å². The van der Waals surface area contributed by atoms with E-state index in [1.54, 1.807) is 26.0 Å². The summed E-state index contributed by atoms with van der Waals surface area (Å²) in [5.74, 6) is 1.08. The van der Waals surface area contributed by atoms with Gasteiger partial charge in [0.1, 0.15) is 11.5 Å². The molecule has 0 saturated heterocycles. The van der Waals surface area contributed by atoms with Crippen LogP contribution in [0.25, 0.3) is 0 Å². The summed E-state index contributed by atoms with van der Waals surface area (Å²) >= 11 is 0. The van der Waals surface area contributed by atoms with Gasteiger partial charge in [-0.05, 0) is 26.0 Å². The summed E-state index contributed by atoms with van der Waals surface area (Å²) in [6, 6.07) is 2.72. The molecule has 0 radical (unpaired) electrons. The van der Waals surface area contributed by atoms with Crippen LogP contribution in [-0.2, 0) is 24.1 Å². The Morgan fingerprint density at radius 3 is 2.41 bits per heavy atom. The molecule has 2 aromatic rings. The standard InChI is InChI=1S/C13H17N3O5S/c1-8-5-6-10(21-8)9(2)14-22(19,20)11-7-15(3)13(18)16(4)12(11)17/h5-7,9,14H,1-4H3/t9-/m0/s1. The third-order valence-corrected chi connectivity index (χ3v) is 4.75. The Kier molecular flexibility index (Phi) is 4.12. The van der Waals surface area contributed by atoms with Crippen molar-refractivity contribution in [3.8, 4) is 0 Å². The maximum absolute atomic E-state index is 12.4. The highest BCUT2D eigenvalue weighted by Crippen LogP contribution is 2.17. The molecule has 1 atom stereocenters. The van der Waals surface area contributed by atoms with Crippen molar-refractivity contribution in [3.05, 3.63) is 50.7 Å². The number of sulfonamides is 1. The third kappa shape index (κ3) is 2.90. The van der Waals surface area contributed by atoms with Crippen molar-refractivity contribution in [2.24, 2.45) is 14.1 Å². The Labute approximate surface area is 127 Å². The molecule has 0 unspecified atom stereocenters. The first-order chi connectivity index (χ1) is 10.1. The van der Waals surface area contributed by atoms with Crippen molar-refractivity contribution in [1.82, 2.24) is 13.9 Å². The van der Waals surface area contributed by atoms with Crippen LogP contribution in [0.4, 0.5) is 0 Å². The average molecular weight is 327 g/mol. The van der Waals surface area contributed by atoms with E-state index in [-0.39, 0.29) is 0 Å². The molecule has 0 spiro atoms. The van der Waals surface area contributed by atoms with Gasteiger partial charge in [-0.2, -0.15) is 0 Å². The second-order valence-corrected chi connectivity index (χ2v) is 6.72. The lowest BCUT2D eigenvalue weighted by Gasteiger charge is -2.13. The number of nitrogens with one attached hydrogen (secondary N) is 1. The molecular formula is C13H17N3O5S. The van der Waals surface area contributed by atoms with Gasteiger partial charge in [0.2, 0.25) is 10.0 Å². The minimum absolute atomic E-state index is 0.433. The van der Waals surface area contributed by atoms with Gasteiger partial charge in [0.05, 0.1) is 6.04 Å². The van der Waals surface area contributed by atoms with Crippen LogP contribution < -0.4 is 16.0 Å². The van der Waals surface area contributed by atoms with Crippen LogP contribution >= 0.6 is 0 Å². The van der Waals surface area contributed by atoms with E-state index in [0.717, 1.165) is 15.3 Å². The van der Waals surface area contributed by atoms with E-state index in [2.05, 4.69) is 4.72 Å². The SMILES string of the molecule is Cc1ccc([C@H](C)NS(=O)(=O)c2cn(C)c(=O)n(C)c2=O)o1. The van der Waals surface area contributed by atoms with Gasteiger partial charge in [-0.1, -0.05) is 0 Å². The molecule has 0 amide bonds. The first kappa shape index (κ1) is 16.2. The minimum atomic E-state index is -4.09. The van der Waals surface area contributed by atoms with Crippen molar-refractivity contribution in [1.29, 1.82) is 0 Å². The smallest absolute Gasteiger partial charge is 0.330 e. The molecule has 9 heteroatoms. The largest absolute Gasteiger partial charge is 0.465 e. The van der Waals surface area contributed by atoms with Crippen molar-refractivity contribution in [3.63, 3.8) is 0 Å². The molecule has 2 heterocycles. The Morgan fingerprint density at radius 1 is 1.23 bits per heavy atom. The molecule has 0 saturated carbocycles. The zero-order valence-electron chi connectivity index (χ0n) is 12.7. The number of furan rings is 1. The molecular weight excluding hydrogens is 310 g/mol. The first-order valence-electron chi connectivity index (χ1n) is 6.49. The fraction of sp³-hybridized carbons (Fsp3) is 0.385. The zero-order valence-corrected chi connectivity index (χ0v) is 13.5. The van der Waals surface area contributed by atoms with Gasteiger partial charge in [0, 0.05) is 20.3 Å². The number of hydrogen-bond acceptors (Lipinski definition) is 5. The van der Waals surface area contributed by atoms with Crippen molar-refractivity contribution < 1.29 is 12.8 Å². The normalized spacial score (nSPS) is 13.3. The summed E-state index contributed by atoms with van der Waals surface area (Å²) in [5.41, 5.74) is -1.47. The number of rotatable bonds is 4. The van der Waals surface area contributed by atoms with E-state index in [4.69, 9.17) is 4.42 Å². The van der Waals surface area contributed by atoms with Gasteiger partial charge in [0.25, 0.3) is 5.56 Å². The molecule has 0 aliphatic rings. The molecule has 2 aromatic heterocycles. The van der Waals surface area contributed by atoms with Crippen LogP contribution in [0.15, 0.2) is 37.2 Å². The zero-order chi connectivity index (χ0) is 16.7. The lowest BCUT2D eigenvalue weighted by molar-refractivity contribution is 0.440. The summed E-state index contributed by atoms with van der Waals surface area (Å²) < 4.78 is 34.3. The minimum Gasteiger partial charge on any atom is -0.465 e. The third-order valence-electron chi connectivity index (χ3n) is 3.22. The first-order valence-corrected chi connectivity index (χ1v) is 7.97. The van der Waals surface area contributed by atoms with E-state index in [1.165, 1.54) is 14.1 Å². The Balaban J connectivity index is 2.44. The van der Waals surface area contributed by atoms with E-state index >= 15 is 0 Å². The topological polar surface area (TPSA) is 103 Å². The van der Waals surface area contributed by atoms with Crippen LogP contribution in [0.3, 0.4) is 0 Å². The lowest BCUT2D eigenvalue weighted by atomic mass is 10.3. The fourth-order valence-electron chi connectivity index (χ4n) is 2.00. The molecule has 0 aromatic carbocycles. The monoisotopic (exact) mass is 327 g/mol.